The number of fused-ring (bicyclic) bond motifs is 1. The molecular formula is C29H39N3O6. The highest BCUT2D eigenvalue weighted by atomic mass is 16.6. The molecule has 0 saturated heterocycles. The molecule has 9 nitrogen and oxygen atoms in total. The van der Waals surface area contributed by atoms with Crippen molar-refractivity contribution in [3.63, 3.8) is 0 Å². The van der Waals surface area contributed by atoms with Crippen molar-refractivity contribution in [3.05, 3.63) is 71.3 Å². The van der Waals surface area contributed by atoms with Crippen LogP contribution in [0.1, 0.15) is 37.0 Å². The molecule has 3 atom stereocenters. The molecule has 3 unspecified atom stereocenters. The Labute approximate surface area is 224 Å². The summed E-state index contributed by atoms with van der Waals surface area (Å²) >= 11 is 0. The van der Waals surface area contributed by atoms with E-state index in [-0.39, 0.29) is 31.6 Å². The van der Waals surface area contributed by atoms with Crippen LogP contribution in [0.4, 0.5) is 4.79 Å². The lowest BCUT2D eigenvalue weighted by Gasteiger charge is -2.28. The molecule has 38 heavy (non-hydrogen) atoms. The Bertz CT molecular complexity index is 1040. The van der Waals surface area contributed by atoms with Gasteiger partial charge in [0.1, 0.15) is 12.6 Å². The highest BCUT2D eigenvalue weighted by Gasteiger charge is 2.33. The van der Waals surface area contributed by atoms with Crippen molar-refractivity contribution in [2.75, 3.05) is 20.3 Å². The molecule has 9 heteroatoms. The summed E-state index contributed by atoms with van der Waals surface area (Å²) in [4.78, 5) is 38.7. The van der Waals surface area contributed by atoms with Crippen LogP contribution < -0.4 is 16.0 Å². The van der Waals surface area contributed by atoms with Crippen LogP contribution in [-0.4, -0.2) is 67.6 Å². The third kappa shape index (κ3) is 8.85. The average Bonchev–Trinajstić information content (AvgIpc) is 3.30. The molecule has 2 aromatic carbocycles. The predicted octanol–water partition coefficient (Wildman–Crippen LogP) is 2.15. The Kier molecular flexibility index (Phi) is 11.1. The van der Waals surface area contributed by atoms with Crippen molar-refractivity contribution in [2.45, 2.75) is 63.8 Å². The second-order valence-corrected chi connectivity index (χ2v) is 10.1. The molecule has 0 aromatic heterocycles. The van der Waals surface area contributed by atoms with E-state index in [4.69, 9.17) is 9.47 Å². The summed E-state index contributed by atoms with van der Waals surface area (Å²) in [6.45, 7) is 4.16. The van der Waals surface area contributed by atoms with Crippen molar-refractivity contribution in [1.29, 1.82) is 0 Å². The first-order valence-corrected chi connectivity index (χ1v) is 13.1. The van der Waals surface area contributed by atoms with Crippen LogP contribution in [0.15, 0.2) is 54.6 Å². The third-order valence-corrected chi connectivity index (χ3v) is 6.51. The van der Waals surface area contributed by atoms with Crippen LogP contribution in [0, 0.1) is 5.92 Å². The number of hydrogen-bond acceptors (Lipinski definition) is 6. The molecule has 0 saturated carbocycles. The number of alkyl carbamates (subject to hydrolysis) is 1. The molecule has 1 aliphatic carbocycles. The van der Waals surface area contributed by atoms with Crippen molar-refractivity contribution in [3.8, 4) is 0 Å². The summed E-state index contributed by atoms with van der Waals surface area (Å²) < 4.78 is 9.95. The molecule has 1 aliphatic rings. The Morgan fingerprint density at radius 3 is 2.16 bits per heavy atom. The molecule has 0 heterocycles. The predicted molar refractivity (Wildman–Crippen MR) is 143 cm³/mol. The van der Waals surface area contributed by atoms with Gasteiger partial charge in [0.25, 0.3) is 5.91 Å². The van der Waals surface area contributed by atoms with Gasteiger partial charge in [0.2, 0.25) is 5.91 Å². The number of rotatable bonds is 13. The fraction of sp³-hybridized carbons (Fsp3) is 0.483. The van der Waals surface area contributed by atoms with Gasteiger partial charge in [-0.05, 0) is 48.3 Å². The Balaban J connectivity index is 1.69. The second-order valence-electron chi connectivity index (χ2n) is 10.1. The Hall–Kier alpha value is -3.43. The van der Waals surface area contributed by atoms with E-state index >= 15 is 0 Å². The lowest BCUT2D eigenvalue weighted by Crippen LogP contribution is -2.57. The van der Waals surface area contributed by atoms with E-state index in [1.54, 1.807) is 0 Å². The van der Waals surface area contributed by atoms with Gasteiger partial charge in [-0.3, -0.25) is 9.59 Å². The summed E-state index contributed by atoms with van der Waals surface area (Å²) in [5.74, 6) is -0.949. The number of hydrogen-bond donors (Lipinski definition) is 4. The van der Waals surface area contributed by atoms with E-state index in [9.17, 15) is 19.5 Å². The molecule has 0 spiro atoms. The van der Waals surface area contributed by atoms with E-state index in [1.165, 1.54) is 18.2 Å². The zero-order chi connectivity index (χ0) is 27.5. The molecule has 0 bridgehead atoms. The summed E-state index contributed by atoms with van der Waals surface area (Å²) in [5.41, 5.74) is 3.22. The number of methoxy groups -OCH3 is 1. The van der Waals surface area contributed by atoms with Crippen LogP contribution >= 0.6 is 0 Å². The lowest BCUT2D eigenvalue weighted by atomic mass is 9.98. The number of aliphatic hydroxyl groups is 1. The van der Waals surface area contributed by atoms with Crippen molar-refractivity contribution >= 4 is 17.9 Å². The van der Waals surface area contributed by atoms with Gasteiger partial charge in [-0.2, -0.15) is 0 Å². The normalized spacial score (nSPS) is 15.3. The highest BCUT2D eigenvalue weighted by molar-refractivity contribution is 5.87. The number of ether oxygens (including phenoxy) is 2. The van der Waals surface area contributed by atoms with Gasteiger partial charge >= 0.3 is 6.09 Å². The number of amides is 3. The van der Waals surface area contributed by atoms with Crippen LogP contribution in [0.25, 0.3) is 0 Å². The fourth-order valence-corrected chi connectivity index (χ4v) is 4.63. The van der Waals surface area contributed by atoms with Gasteiger partial charge in [0.05, 0.1) is 12.6 Å². The zero-order valence-electron chi connectivity index (χ0n) is 22.3. The Morgan fingerprint density at radius 1 is 0.921 bits per heavy atom. The SMILES string of the molecule is COCCOC(=O)NC(CC(C)C)C(=O)NC(Cc1ccccc1)C(O)C(=O)NC1Cc2ccccc2C1. The number of aliphatic hydroxyl groups excluding tert-OH is 1. The maximum absolute atomic E-state index is 13.3. The number of carbonyl (C=O) groups excluding carboxylic acids is 3. The summed E-state index contributed by atoms with van der Waals surface area (Å²) in [5, 5.41) is 19.5. The average molecular weight is 526 g/mol. The van der Waals surface area contributed by atoms with E-state index in [0.29, 0.717) is 19.3 Å². The van der Waals surface area contributed by atoms with Gasteiger partial charge in [0.15, 0.2) is 6.10 Å². The lowest BCUT2D eigenvalue weighted by molar-refractivity contribution is -0.133. The van der Waals surface area contributed by atoms with Gasteiger partial charge in [0, 0.05) is 13.2 Å². The largest absolute Gasteiger partial charge is 0.447 e. The number of nitrogens with one attached hydrogen (secondary N) is 3. The number of benzene rings is 2. The maximum atomic E-state index is 13.3. The zero-order valence-corrected chi connectivity index (χ0v) is 22.3. The quantitative estimate of drug-likeness (QED) is 0.297. The smallest absolute Gasteiger partial charge is 0.407 e. The van der Waals surface area contributed by atoms with Crippen molar-refractivity contribution in [2.24, 2.45) is 5.92 Å². The van der Waals surface area contributed by atoms with Crippen LogP contribution in [0.3, 0.4) is 0 Å². The fourth-order valence-electron chi connectivity index (χ4n) is 4.63. The first-order chi connectivity index (χ1) is 18.3. The van der Waals surface area contributed by atoms with E-state index in [0.717, 1.165) is 5.56 Å². The van der Waals surface area contributed by atoms with E-state index < -0.39 is 36.1 Å². The summed E-state index contributed by atoms with van der Waals surface area (Å²) in [6.07, 6.45) is -0.256. The van der Waals surface area contributed by atoms with Crippen LogP contribution in [0.2, 0.25) is 0 Å². The van der Waals surface area contributed by atoms with E-state index in [1.807, 2.05) is 68.4 Å². The maximum Gasteiger partial charge on any atom is 0.407 e. The monoisotopic (exact) mass is 525 g/mol. The molecule has 4 N–H and O–H groups in total. The molecule has 3 amide bonds. The Morgan fingerprint density at radius 2 is 1.55 bits per heavy atom. The molecule has 0 aliphatic heterocycles. The summed E-state index contributed by atoms with van der Waals surface area (Å²) in [6, 6.07) is 15.4. The third-order valence-electron chi connectivity index (χ3n) is 6.51. The highest BCUT2D eigenvalue weighted by Crippen LogP contribution is 2.22. The second kappa shape index (κ2) is 14.5. The molecule has 206 valence electrons. The summed E-state index contributed by atoms with van der Waals surface area (Å²) in [7, 11) is 1.50. The molecule has 2 aromatic rings. The van der Waals surface area contributed by atoms with Crippen LogP contribution in [0.5, 0.6) is 0 Å². The van der Waals surface area contributed by atoms with Crippen molar-refractivity contribution < 1.29 is 29.0 Å². The minimum atomic E-state index is -1.49. The molecular weight excluding hydrogens is 486 g/mol. The molecule has 0 radical (unpaired) electrons. The van der Waals surface area contributed by atoms with Gasteiger partial charge < -0.3 is 30.5 Å². The first kappa shape index (κ1) is 29.1. The van der Waals surface area contributed by atoms with Gasteiger partial charge in [-0.15, -0.1) is 0 Å². The molecule has 0 fully saturated rings. The molecule has 3 rings (SSSR count). The van der Waals surface area contributed by atoms with Crippen LogP contribution in [-0.2, 0) is 38.3 Å². The van der Waals surface area contributed by atoms with Gasteiger partial charge in [-0.25, -0.2) is 4.79 Å². The van der Waals surface area contributed by atoms with Gasteiger partial charge in [-0.1, -0.05) is 68.4 Å². The minimum Gasteiger partial charge on any atom is -0.447 e. The van der Waals surface area contributed by atoms with Crippen molar-refractivity contribution in [1.82, 2.24) is 16.0 Å². The first-order valence-electron chi connectivity index (χ1n) is 13.1. The van der Waals surface area contributed by atoms with E-state index in [2.05, 4.69) is 16.0 Å². The minimum absolute atomic E-state index is 0.0545. The standard InChI is InChI=1S/C29H39N3O6/c1-19(2)15-25(32-29(36)38-14-13-37-3)27(34)31-24(16-20-9-5-4-6-10-20)26(33)28(35)30-23-17-21-11-7-8-12-22(21)18-23/h4-12,19,23-26,33H,13-18H2,1-3H3,(H,30,35)(H,31,34)(H,32,36). The topological polar surface area (TPSA) is 126 Å². The number of carbonyl (C=O) groups is 3.